The molecule has 0 aromatic carbocycles. The quantitative estimate of drug-likeness (QED) is 0.374. The van der Waals surface area contributed by atoms with E-state index in [4.69, 9.17) is 46.4 Å². The van der Waals surface area contributed by atoms with Crippen LogP contribution in [-0.4, -0.2) is 9.17 Å². The van der Waals surface area contributed by atoms with Gasteiger partial charge in [0.05, 0.1) is 0 Å². The minimum Gasteiger partial charge on any atom is -0.123 e. The fourth-order valence-corrected chi connectivity index (χ4v) is 2.02. The Labute approximate surface area is 114 Å². The zero-order valence-corrected chi connectivity index (χ0v) is 12.3. The molecule has 1 atom stereocenters. The van der Waals surface area contributed by atoms with Gasteiger partial charge in [0.25, 0.3) is 0 Å². The molecule has 0 saturated carbocycles. The summed E-state index contributed by atoms with van der Waals surface area (Å²) in [5.74, 6) is 0. The first-order chi connectivity index (χ1) is 6.95. The van der Waals surface area contributed by atoms with Crippen LogP contribution in [0.5, 0.6) is 0 Å². The van der Waals surface area contributed by atoms with Crippen LogP contribution in [-0.2, 0) is 0 Å². The smallest absolute Gasteiger partial charge is 0.123 e. The van der Waals surface area contributed by atoms with Crippen molar-refractivity contribution in [1.82, 2.24) is 0 Å². The lowest BCUT2D eigenvalue weighted by atomic mass is 10.1. The highest BCUT2D eigenvalue weighted by molar-refractivity contribution is 6.67. The minimum absolute atomic E-state index is 0.155. The van der Waals surface area contributed by atoms with Crippen LogP contribution in [0.4, 0.5) is 0 Å². The van der Waals surface area contributed by atoms with E-state index in [2.05, 4.69) is 6.92 Å². The Kier molecular flexibility index (Phi) is 9.93. The Morgan fingerprint density at radius 3 is 2.07 bits per heavy atom. The van der Waals surface area contributed by atoms with Crippen LogP contribution < -0.4 is 0 Å². The summed E-state index contributed by atoms with van der Waals surface area (Å²) in [5.41, 5.74) is 0. The van der Waals surface area contributed by atoms with Gasteiger partial charge in [-0.2, -0.15) is 0 Å². The average Bonchev–Trinajstić information content (AvgIpc) is 2.13. The van der Waals surface area contributed by atoms with Crippen LogP contribution in [0.3, 0.4) is 0 Å². The van der Waals surface area contributed by atoms with Crippen molar-refractivity contribution in [3.05, 3.63) is 0 Å². The second-order valence-corrected chi connectivity index (χ2v) is 7.09. The summed E-state index contributed by atoms with van der Waals surface area (Å²) in [6.45, 7) is 2.21. The number of alkyl halides is 4. The normalized spacial score (nSPS) is 14.2. The Morgan fingerprint density at radius 2 is 1.53 bits per heavy atom. The van der Waals surface area contributed by atoms with Gasteiger partial charge >= 0.3 is 0 Å². The van der Waals surface area contributed by atoms with Gasteiger partial charge in [0, 0.05) is 5.38 Å². The molecule has 0 spiro atoms. The van der Waals surface area contributed by atoms with E-state index in [9.17, 15) is 0 Å². The summed E-state index contributed by atoms with van der Waals surface area (Å²) in [6.07, 6.45) is 8.72. The van der Waals surface area contributed by atoms with Crippen molar-refractivity contribution in [1.29, 1.82) is 0 Å². The monoisotopic (exact) mass is 292 g/mol. The lowest BCUT2D eigenvalue weighted by molar-refractivity contribution is 0.572. The Hall–Kier alpha value is 1.16. The molecule has 15 heavy (non-hydrogen) atoms. The van der Waals surface area contributed by atoms with Gasteiger partial charge in [-0.15, -0.1) is 11.6 Å². The van der Waals surface area contributed by atoms with Gasteiger partial charge in [-0.25, -0.2) is 0 Å². The van der Waals surface area contributed by atoms with Crippen molar-refractivity contribution in [2.24, 2.45) is 0 Å². The fourth-order valence-electron chi connectivity index (χ4n) is 1.43. The summed E-state index contributed by atoms with van der Waals surface area (Å²) in [7, 11) is 0. The third-order valence-corrected chi connectivity index (χ3v) is 3.37. The molecule has 4 heteroatoms. The molecule has 0 aromatic rings. The molecule has 0 amide bonds. The van der Waals surface area contributed by atoms with Gasteiger partial charge in [-0.1, -0.05) is 73.8 Å². The second kappa shape index (κ2) is 9.22. The Bertz CT molecular complexity index is 142. The molecule has 0 fully saturated rings. The minimum atomic E-state index is -1.14. The van der Waals surface area contributed by atoms with E-state index in [-0.39, 0.29) is 5.38 Å². The lowest BCUT2D eigenvalue weighted by Crippen LogP contribution is -2.07. The standard InChI is InChI=1S/C11H20Cl4/c1-2-3-4-5-6-7-10(12)8-9-11(13,14)15/h10H,2-9H2,1H3. The zero-order chi connectivity index (χ0) is 11.7. The van der Waals surface area contributed by atoms with Crippen molar-refractivity contribution in [2.75, 3.05) is 0 Å². The van der Waals surface area contributed by atoms with Crippen LogP contribution in [0.2, 0.25) is 0 Å². The maximum atomic E-state index is 6.12. The van der Waals surface area contributed by atoms with Crippen molar-refractivity contribution in [2.45, 2.75) is 67.5 Å². The van der Waals surface area contributed by atoms with Gasteiger partial charge in [-0.3, -0.25) is 0 Å². The van der Waals surface area contributed by atoms with Crippen molar-refractivity contribution >= 4 is 46.4 Å². The zero-order valence-electron chi connectivity index (χ0n) is 9.25. The molecular weight excluding hydrogens is 274 g/mol. The molecule has 0 aliphatic rings. The molecule has 0 aliphatic heterocycles. The maximum absolute atomic E-state index is 6.12. The summed E-state index contributed by atoms with van der Waals surface area (Å²) >= 11 is 23.1. The number of unbranched alkanes of at least 4 members (excludes halogenated alkanes) is 4. The second-order valence-electron chi connectivity index (χ2n) is 3.95. The molecule has 0 bridgehead atoms. The molecular formula is C11H20Cl4. The van der Waals surface area contributed by atoms with Crippen LogP contribution >= 0.6 is 46.4 Å². The average molecular weight is 294 g/mol. The largest absolute Gasteiger partial charge is 0.190 e. The first kappa shape index (κ1) is 16.2. The lowest BCUT2D eigenvalue weighted by Gasteiger charge is -2.13. The third-order valence-electron chi connectivity index (χ3n) is 2.36. The molecule has 92 valence electrons. The van der Waals surface area contributed by atoms with Gasteiger partial charge in [0.1, 0.15) is 0 Å². The number of hydrogen-bond donors (Lipinski definition) is 0. The van der Waals surface area contributed by atoms with Crippen LogP contribution in [0.1, 0.15) is 58.3 Å². The molecule has 0 saturated heterocycles. The van der Waals surface area contributed by atoms with E-state index in [1.165, 1.54) is 32.1 Å². The van der Waals surface area contributed by atoms with Crippen LogP contribution in [0.15, 0.2) is 0 Å². The van der Waals surface area contributed by atoms with Gasteiger partial charge in [0.15, 0.2) is 3.79 Å². The van der Waals surface area contributed by atoms with E-state index in [1.54, 1.807) is 0 Å². The molecule has 0 nitrogen and oxygen atoms in total. The van der Waals surface area contributed by atoms with Crippen LogP contribution in [0.25, 0.3) is 0 Å². The molecule has 0 rings (SSSR count). The summed E-state index contributed by atoms with van der Waals surface area (Å²) in [6, 6.07) is 0. The van der Waals surface area contributed by atoms with Crippen molar-refractivity contribution < 1.29 is 0 Å². The van der Waals surface area contributed by atoms with Gasteiger partial charge in [0.2, 0.25) is 0 Å². The fraction of sp³-hybridized carbons (Fsp3) is 1.00. The van der Waals surface area contributed by atoms with Gasteiger partial charge < -0.3 is 0 Å². The van der Waals surface area contributed by atoms with E-state index in [0.29, 0.717) is 6.42 Å². The van der Waals surface area contributed by atoms with Crippen LogP contribution in [0, 0.1) is 0 Å². The van der Waals surface area contributed by atoms with E-state index >= 15 is 0 Å². The first-order valence-corrected chi connectivity index (χ1v) is 7.23. The number of hydrogen-bond acceptors (Lipinski definition) is 0. The highest BCUT2D eigenvalue weighted by Gasteiger charge is 2.20. The summed E-state index contributed by atoms with van der Waals surface area (Å²) in [5, 5.41) is 0.155. The highest BCUT2D eigenvalue weighted by Crippen LogP contribution is 2.33. The predicted octanol–water partition coefficient (Wildman–Crippen LogP) is 6.10. The summed E-state index contributed by atoms with van der Waals surface area (Å²) in [4.78, 5) is 0. The Morgan fingerprint density at radius 1 is 0.933 bits per heavy atom. The molecule has 0 aliphatic carbocycles. The number of halogens is 4. The predicted molar refractivity (Wildman–Crippen MR) is 72.5 cm³/mol. The topological polar surface area (TPSA) is 0 Å². The Balaban J connectivity index is 3.30. The third kappa shape index (κ3) is 13.1. The summed E-state index contributed by atoms with van der Waals surface area (Å²) < 4.78 is -1.14. The SMILES string of the molecule is CCCCCCCC(Cl)CCC(Cl)(Cl)Cl. The first-order valence-electron chi connectivity index (χ1n) is 5.66. The molecule has 1 unspecified atom stereocenters. The van der Waals surface area contributed by atoms with E-state index in [1.807, 2.05) is 0 Å². The van der Waals surface area contributed by atoms with Crippen molar-refractivity contribution in [3.8, 4) is 0 Å². The van der Waals surface area contributed by atoms with Crippen molar-refractivity contribution in [3.63, 3.8) is 0 Å². The molecule has 0 heterocycles. The maximum Gasteiger partial charge on any atom is 0.190 e. The molecule has 0 N–H and O–H groups in total. The van der Waals surface area contributed by atoms with E-state index in [0.717, 1.165) is 12.8 Å². The van der Waals surface area contributed by atoms with Gasteiger partial charge in [-0.05, 0) is 19.3 Å². The number of rotatable bonds is 8. The molecule has 0 aromatic heterocycles. The molecule has 0 radical (unpaired) electrons. The van der Waals surface area contributed by atoms with E-state index < -0.39 is 3.79 Å². The highest BCUT2D eigenvalue weighted by atomic mass is 35.6.